The highest BCUT2D eigenvalue weighted by Crippen LogP contribution is 2.26. The molecule has 120 valence electrons. The highest BCUT2D eigenvalue weighted by Gasteiger charge is 2.19. The Hall–Kier alpha value is -0.380. The van der Waals surface area contributed by atoms with E-state index >= 15 is 0 Å². The summed E-state index contributed by atoms with van der Waals surface area (Å²) >= 11 is 1.99. The Bertz CT molecular complexity index is 400. The number of nitrogens with zero attached hydrogens (tertiary/aromatic N) is 1. The van der Waals surface area contributed by atoms with E-state index in [0.717, 1.165) is 31.5 Å². The average Bonchev–Trinajstić information content (AvgIpc) is 2.76. The van der Waals surface area contributed by atoms with E-state index in [9.17, 15) is 0 Å². The van der Waals surface area contributed by atoms with Crippen LogP contribution in [-0.2, 0) is 13.1 Å². The fourth-order valence-electron chi connectivity index (χ4n) is 3.22. The largest absolute Gasteiger partial charge is 0.312 e. The Balaban J connectivity index is 1.79. The van der Waals surface area contributed by atoms with Gasteiger partial charge in [0.2, 0.25) is 0 Å². The van der Waals surface area contributed by atoms with Crippen molar-refractivity contribution >= 4 is 11.3 Å². The first-order chi connectivity index (χ1) is 10.2. The normalized spacial score (nSPS) is 20.9. The van der Waals surface area contributed by atoms with Gasteiger partial charge in [-0.15, -0.1) is 11.3 Å². The molecule has 1 saturated heterocycles. The van der Waals surface area contributed by atoms with Gasteiger partial charge in [0, 0.05) is 22.8 Å². The van der Waals surface area contributed by atoms with Crippen LogP contribution in [0.4, 0.5) is 0 Å². The molecule has 1 aromatic heterocycles. The maximum Gasteiger partial charge on any atom is 0.0328 e. The molecule has 1 N–H and O–H groups in total. The Morgan fingerprint density at radius 1 is 1.24 bits per heavy atom. The van der Waals surface area contributed by atoms with Gasteiger partial charge in [-0.2, -0.15) is 0 Å². The molecule has 3 heteroatoms. The number of likely N-dealkylation sites (tertiary alicyclic amines) is 1. The molecule has 0 bridgehead atoms. The summed E-state index contributed by atoms with van der Waals surface area (Å²) in [5, 5.41) is 3.49. The lowest BCUT2D eigenvalue weighted by Crippen LogP contribution is -2.24. The van der Waals surface area contributed by atoms with Crippen molar-refractivity contribution in [3.05, 3.63) is 21.9 Å². The minimum Gasteiger partial charge on any atom is -0.312 e. The molecule has 21 heavy (non-hydrogen) atoms. The SMILES string of the molecule is CCCNCc1ccc(CN2CCCC(C(C)C)CC2)s1. The molecule has 1 fully saturated rings. The van der Waals surface area contributed by atoms with Crippen LogP contribution in [0.15, 0.2) is 12.1 Å². The van der Waals surface area contributed by atoms with Crippen LogP contribution < -0.4 is 5.32 Å². The molecule has 2 nitrogen and oxygen atoms in total. The highest BCUT2D eigenvalue weighted by atomic mass is 32.1. The highest BCUT2D eigenvalue weighted by molar-refractivity contribution is 7.11. The summed E-state index contributed by atoms with van der Waals surface area (Å²) in [6.07, 6.45) is 5.39. The maximum absolute atomic E-state index is 3.49. The van der Waals surface area contributed by atoms with Crippen molar-refractivity contribution in [1.82, 2.24) is 10.2 Å². The van der Waals surface area contributed by atoms with E-state index in [-0.39, 0.29) is 0 Å². The molecule has 1 unspecified atom stereocenters. The van der Waals surface area contributed by atoms with Crippen molar-refractivity contribution in [2.45, 2.75) is 59.5 Å². The average molecular weight is 309 g/mol. The monoisotopic (exact) mass is 308 g/mol. The molecule has 2 rings (SSSR count). The predicted octanol–water partition coefficient (Wildman–Crippen LogP) is 4.51. The molecule has 0 radical (unpaired) electrons. The van der Waals surface area contributed by atoms with Crippen LogP contribution >= 0.6 is 11.3 Å². The molecular weight excluding hydrogens is 276 g/mol. The van der Waals surface area contributed by atoms with Crippen molar-refractivity contribution in [2.75, 3.05) is 19.6 Å². The quantitative estimate of drug-likeness (QED) is 0.746. The number of hydrogen-bond donors (Lipinski definition) is 1. The lowest BCUT2D eigenvalue weighted by molar-refractivity contribution is 0.267. The maximum atomic E-state index is 3.49. The topological polar surface area (TPSA) is 15.3 Å². The summed E-state index contributed by atoms with van der Waals surface area (Å²) in [5.41, 5.74) is 0. The lowest BCUT2D eigenvalue weighted by Gasteiger charge is -2.20. The summed E-state index contributed by atoms with van der Waals surface area (Å²) in [6.45, 7) is 12.9. The van der Waals surface area contributed by atoms with Crippen LogP contribution in [0.2, 0.25) is 0 Å². The van der Waals surface area contributed by atoms with E-state index in [1.807, 2.05) is 11.3 Å². The first-order valence-electron chi connectivity index (χ1n) is 8.69. The third-order valence-electron chi connectivity index (χ3n) is 4.63. The van der Waals surface area contributed by atoms with Crippen LogP contribution in [0.1, 0.15) is 56.2 Å². The van der Waals surface area contributed by atoms with E-state index in [2.05, 4.69) is 43.1 Å². The van der Waals surface area contributed by atoms with Gasteiger partial charge in [0.15, 0.2) is 0 Å². The predicted molar refractivity (Wildman–Crippen MR) is 93.8 cm³/mol. The van der Waals surface area contributed by atoms with Gasteiger partial charge in [-0.1, -0.05) is 20.8 Å². The van der Waals surface area contributed by atoms with Gasteiger partial charge in [0.05, 0.1) is 0 Å². The molecule has 1 aromatic rings. The van der Waals surface area contributed by atoms with Gasteiger partial charge in [-0.3, -0.25) is 4.90 Å². The van der Waals surface area contributed by atoms with Crippen molar-refractivity contribution in [1.29, 1.82) is 0 Å². The first-order valence-corrected chi connectivity index (χ1v) is 9.51. The Kier molecular flexibility index (Phi) is 7.21. The van der Waals surface area contributed by atoms with Gasteiger partial charge in [0.1, 0.15) is 0 Å². The van der Waals surface area contributed by atoms with Gasteiger partial charge in [-0.05, 0) is 69.3 Å². The zero-order valence-corrected chi connectivity index (χ0v) is 14.8. The number of hydrogen-bond acceptors (Lipinski definition) is 3. The summed E-state index contributed by atoms with van der Waals surface area (Å²) in [5.74, 6) is 1.79. The third kappa shape index (κ3) is 5.72. The minimum absolute atomic E-state index is 0.850. The zero-order chi connectivity index (χ0) is 15.1. The molecule has 1 aliphatic rings. The van der Waals surface area contributed by atoms with Gasteiger partial charge in [0.25, 0.3) is 0 Å². The van der Waals surface area contributed by atoms with Crippen molar-refractivity contribution in [3.63, 3.8) is 0 Å². The number of rotatable bonds is 7. The van der Waals surface area contributed by atoms with Crippen LogP contribution in [0.5, 0.6) is 0 Å². The lowest BCUT2D eigenvalue weighted by atomic mass is 9.89. The molecular formula is C18H32N2S. The zero-order valence-electron chi connectivity index (χ0n) is 14.0. The minimum atomic E-state index is 0.850. The second-order valence-corrected chi connectivity index (χ2v) is 8.01. The second kappa shape index (κ2) is 8.92. The van der Waals surface area contributed by atoms with E-state index in [1.165, 1.54) is 48.5 Å². The molecule has 2 heterocycles. The van der Waals surface area contributed by atoms with E-state index in [4.69, 9.17) is 0 Å². The van der Waals surface area contributed by atoms with Crippen LogP contribution in [0, 0.1) is 11.8 Å². The molecule has 0 aromatic carbocycles. The molecule has 0 saturated carbocycles. The molecule has 0 amide bonds. The van der Waals surface area contributed by atoms with E-state index in [0.29, 0.717) is 0 Å². The van der Waals surface area contributed by atoms with Crippen LogP contribution in [0.3, 0.4) is 0 Å². The van der Waals surface area contributed by atoms with Crippen LogP contribution in [0.25, 0.3) is 0 Å². The number of nitrogens with one attached hydrogen (secondary N) is 1. The van der Waals surface area contributed by atoms with Gasteiger partial charge >= 0.3 is 0 Å². The standard InChI is InChI=1S/C18H32N2S/c1-4-10-19-13-17-7-8-18(21-17)14-20-11-5-6-16(9-12-20)15(2)3/h7-8,15-16,19H,4-6,9-14H2,1-3H3. The van der Waals surface area contributed by atoms with E-state index < -0.39 is 0 Å². The van der Waals surface area contributed by atoms with Gasteiger partial charge in [-0.25, -0.2) is 0 Å². The number of thiophene rings is 1. The second-order valence-electron chi connectivity index (χ2n) is 6.76. The molecule has 1 atom stereocenters. The molecule has 0 spiro atoms. The summed E-state index contributed by atoms with van der Waals surface area (Å²) in [6, 6.07) is 4.63. The van der Waals surface area contributed by atoms with E-state index in [1.54, 1.807) is 0 Å². The van der Waals surface area contributed by atoms with Crippen molar-refractivity contribution in [3.8, 4) is 0 Å². The fraction of sp³-hybridized carbons (Fsp3) is 0.778. The smallest absolute Gasteiger partial charge is 0.0328 e. The van der Waals surface area contributed by atoms with Crippen molar-refractivity contribution < 1.29 is 0 Å². The fourth-order valence-corrected chi connectivity index (χ4v) is 4.25. The molecule has 0 aliphatic carbocycles. The summed E-state index contributed by atoms with van der Waals surface area (Å²) in [4.78, 5) is 5.68. The summed E-state index contributed by atoms with van der Waals surface area (Å²) in [7, 11) is 0. The first kappa shape index (κ1) is 17.0. The van der Waals surface area contributed by atoms with Gasteiger partial charge < -0.3 is 5.32 Å². The Morgan fingerprint density at radius 3 is 2.81 bits per heavy atom. The summed E-state index contributed by atoms with van der Waals surface area (Å²) < 4.78 is 0. The molecule has 1 aliphatic heterocycles. The third-order valence-corrected chi connectivity index (χ3v) is 5.70. The van der Waals surface area contributed by atoms with Crippen molar-refractivity contribution in [2.24, 2.45) is 11.8 Å². The Labute approximate surface area is 134 Å². The van der Waals surface area contributed by atoms with Crippen LogP contribution in [-0.4, -0.2) is 24.5 Å². The Morgan fingerprint density at radius 2 is 2.05 bits per heavy atom.